The van der Waals surface area contributed by atoms with Crippen molar-refractivity contribution in [3.8, 4) is 0 Å². The Labute approximate surface area is 55.3 Å². The number of hydrogen-bond acceptors (Lipinski definition) is 3. The summed E-state index contributed by atoms with van der Waals surface area (Å²) < 4.78 is 12.0. The highest BCUT2D eigenvalue weighted by atomic mass is 32.1. The predicted molar refractivity (Wildman–Crippen MR) is 31.8 cm³/mol. The van der Waals surface area contributed by atoms with E-state index in [2.05, 4.69) is 4.98 Å². The Morgan fingerprint density at radius 3 is 3.11 bits per heavy atom. The molecule has 9 heavy (non-hydrogen) atoms. The normalized spacial score (nSPS) is 9.44. The van der Waals surface area contributed by atoms with Gasteiger partial charge in [-0.2, -0.15) is 4.39 Å². The summed E-state index contributed by atoms with van der Waals surface area (Å²) in [6.07, 6.45) is 0.923. The smallest absolute Gasteiger partial charge is 0.223 e. The minimum atomic E-state index is -0.503. The number of aromatic nitrogens is 1. The fraction of sp³-hybridized carbons (Fsp3) is 0.200. The highest BCUT2D eigenvalue weighted by Crippen LogP contribution is 2.06. The number of aldehydes is 1. The highest BCUT2D eigenvalue weighted by molar-refractivity contribution is 7.09. The third kappa shape index (κ3) is 1.57. The van der Waals surface area contributed by atoms with Gasteiger partial charge in [-0.3, -0.25) is 0 Å². The average molecular weight is 145 g/mol. The van der Waals surface area contributed by atoms with Crippen LogP contribution in [0.25, 0.3) is 0 Å². The van der Waals surface area contributed by atoms with Crippen molar-refractivity contribution in [2.24, 2.45) is 0 Å². The van der Waals surface area contributed by atoms with Crippen LogP contribution in [0.1, 0.15) is 5.01 Å². The van der Waals surface area contributed by atoms with Crippen molar-refractivity contribution in [1.82, 2.24) is 4.98 Å². The first kappa shape index (κ1) is 6.35. The lowest BCUT2D eigenvalue weighted by atomic mass is 10.5. The third-order valence-corrected chi connectivity index (χ3v) is 1.62. The van der Waals surface area contributed by atoms with Crippen molar-refractivity contribution < 1.29 is 9.18 Å². The van der Waals surface area contributed by atoms with E-state index in [1.165, 1.54) is 5.38 Å². The van der Waals surface area contributed by atoms with Crippen LogP contribution in [0.2, 0.25) is 0 Å². The molecule has 0 saturated carbocycles. The van der Waals surface area contributed by atoms with Gasteiger partial charge in [0, 0.05) is 5.38 Å². The Bertz CT molecular complexity index is 210. The molecule has 0 N–H and O–H groups in total. The lowest BCUT2D eigenvalue weighted by Gasteiger charge is -1.77. The van der Waals surface area contributed by atoms with Crippen molar-refractivity contribution in [2.45, 2.75) is 6.42 Å². The Balaban J connectivity index is 2.72. The lowest BCUT2D eigenvalue weighted by Crippen LogP contribution is -1.83. The van der Waals surface area contributed by atoms with Crippen LogP contribution in [-0.2, 0) is 11.2 Å². The molecule has 48 valence electrons. The third-order valence-electron chi connectivity index (χ3n) is 0.782. The first-order valence-electron chi connectivity index (χ1n) is 2.36. The number of halogens is 1. The minimum Gasteiger partial charge on any atom is -0.303 e. The van der Waals surface area contributed by atoms with E-state index in [4.69, 9.17) is 0 Å². The molecule has 1 rings (SSSR count). The van der Waals surface area contributed by atoms with Crippen LogP contribution in [0.15, 0.2) is 5.38 Å². The minimum absolute atomic E-state index is 0.217. The quantitative estimate of drug-likeness (QED) is 0.581. The molecule has 0 bridgehead atoms. The van der Waals surface area contributed by atoms with Gasteiger partial charge in [-0.15, -0.1) is 11.3 Å². The van der Waals surface area contributed by atoms with E-state index >= 15 is 0 Å². The SMILES string of the molecule is O=CCc1nc(F)cs1. The molecule has 0 saturated heterocycles. The molecule has 2 nitrogen and oxygen atoms in total. The van der Waals surface area contributed by atoms with Crippen LogP contribution >= 0.6 is 11.3 Å². The van der Waals surface area contributed by atoms with E-state index in [0.29, 0.717) is 11.3 Å². The molecule has 0 aliphatic rings. The summed E-state index contributed by atoms with van der Waals surface area (Å²) in [5.74, 6) is -0.503. The van der Waals surface area contributed by atoms with Crippen LogP contribution in [0.4, 0.5) is 4.39 Å². The zero-order valence-corrected chi connectivity index (χ0v) is 5.32. The van der Waals surface area contributed by atoms with Gasteiger partial charge in [0.05, 0.1) is 6.42 Å². The van der Waals surface area contributed by atoms with Crippen LogP contribution in [0.5, 0.6) is 0 Å². The number of carbonyl (C=O) groups excluding carboxylic acids is 1. The van der Waals surface area contributed by atoms with Crippen molar-refractivity contribution in [2.75, 3.05) is 0 Å². The Hall–Kier alpha value is -0.770. The Morgan fingerprint density at radius 1 is 1.89 bits per heavy atom. The van der Waals surface area contributed by atoms with Gasteiger partial charge in [-0.1, -0.05) is 0 Å². The Kier molecular flexibility index (Phi) is 1.89. The molecule has 0 fully saturated rings. The first-order valence-corrected chi connectivity index (χ1v) is 3.24. The molecular formula is C5H4FNOS. The summed E-state index contributed by atoms with van der Waals surface area (Å²) >= 11 is 1.16. The largest absolute Gasteiger partial charge is 0.303 e. The lowest BCUT2D eigenvalue weighted by molar-refractivity contribution is -0.107. The molecule has 0 radical (unpaired) electrons. The van der Waals surface area contributed by atoms with E-state index < -0.39 is 5.95 Å². The molecule has 1 heterocycles. The van der Waals surface area contributed by atoms with Gasteiger partial charge in [0.25, 0.3) is 0 Å². The number of rotatable bonds is 2. The van der Waals surface area contributed by atoms with Crippen LogP contribution in [0, 0.1) is 5.95 Å². The van der Waals surface area contributed by atoms with E-state index in [1.54, 1.807) is 0 Å². The second kappa shape index (κ2) is 2.68. The maximum absolute atomic E-state index is 12.0. The second-order valence-corrected chi connectivity index (χ2v) is 2.38. The second-order valence-electron chi connectivity index (χ2n) is 1.43. The number of thiazole rings is 1. The Morgan fingerprint density at radius 2 is 2.67 bits per heavy atom. The highest BCUT2D eigenvalue weighted by Gasteiger charge is 1.97. The molecule has 0 aliphatic carbocycles. The average Bonchev–Trinajstić information content (AvgIpc) is 2.17. The zero-order chi connectivity index (χ0) is 6.69. The summed E-state index contributed by atoms with van der Waals surface area (Å²) in [7, 11) is 0. The molecule has 4 heteroatoms. The molecule has 0 spiro atoms. The summed E-state index contributed by atoms with van der Waals surface area (Å²) in [4.78, 5) is 13.2. The standard InChI is InChI=1S/C5H4FNOS/c6-4-3-9-5(7-4)1-2-8/h2-3H,1H2. The van der Waals surface area contributed by atoms with Gasteiger partial charge in [-0.05, 0) is 0 Å². The molecule has 0 unspecified atom stereocenters. The summed E-state index contributed by atoms with van der Waals surface area (Å²) in [6.45, 7) is 0. The van der Waals surface area contributed by atoms with Crippen LogP contribution in [0.3, 0.4) is 0 Å². The van der Waals surface area contributed by atoms with Gasteiger partial charge < -0.3 is 4.79 Å². The number of nitrogens with zero attached hydrogens (tertiary/aromatic N) is 1. The van der Waals surface area contributed by atoms with Crippen molar-refractivity contribution in [3.63, 3.8) is 0 Å². The monoisotopic (exact) mass is 145 g/mol. The molecule has 0 aliphatic heterocycles. The van der Waals surface area contributed by atoms with Crippen LogP contribution in [-0.4, -0.2) is 11.3 Å². The fourth-order valence-corrected chi connectivity index (χ4v) is 1.04. The van der Waals surface area contributed by atoms with Crippen molar-refractivity contribution in [3.05, 3.63) is 16.3 Å². The van der Waals surface area contributed by atoms with Gasteiger partial charge >= 0.3 is 0 Å². The van der Waals surface area contributed by atoms with Gasteiger partial charge in [0.1, 0.15) is 11.3 Å². The molecule has 0 atom stereocenters. The van der Waals surface area contributed by atoms with Crippen LogP contribution < -0.4 is 0 Å². The van der Waals surface area contributed by atoms with Crippen molar-refractivity contribution in [1.29, 1.82) is 0 Å². The maximum Gasteiger partial charge on any atom is 0.223 e. The van der Waals surface area contributed by atoms with Gasteiger partial charge in [0.2, 0.25) is 5.95 Å². The molecule has 1 aromatic rings. The number of hydrogen-bond donors (Lipinski definition) is 0. The molecule has 1 aromatic heterocycles. The molecule has 0 amide bonds. The topological polar surface area (TPSA) is 30.0 Å². The fourth-order valence-electron chi connectivity index (χ4n) is 0.454. The summed E-state index contributed by atoms with van der Waals surface area (Å²) in [6, 6.07) is 0. The van der Waals surface area contributed by atoms with E-state index in [-0.39, 0.29) is 6.42 Å². The summed E-state index contributed by atoms with van der Waals surface area (Å²) in [5, 5.41) is 1.81. The van der Waals surface area contributed by atoms with E-state index in [9.17, 15) is 9.18 Å². The molecule has 0 aromatic carbocycles. The predicted octanol–water partition coefficient (Wildman–Crippen LogP) is 1.02. The zero-order valence-electron chi connectivity index (χ0n) is 4.50. The van der Waals surface area contributed by atoms with E-state index in [1.807, 2.05) is 0 Å². The van der Waals surface area contributed by atoms with Gasteiger partial charge in [0.15, 0.2) is 0 Å². The first-order chi connectivity index (χ1) is 4.33. The number of carbonyl (C=O) groups is 1. The maximum atomic E-state index is 12.0. The summed E-state index contributed by atoms with van der Waals surface area (Å²) in [5.41, 5.74) is 0. The van der Waals surface area contributed by atoms with E-state index in [0.717, 1.165) is 11.3 Å². The van der Waals surface area contributed by atoms with Gasteiger partial charge in [-0.25, -0.2) is 4.98 Å². The van der Waals surface area contributed by atoms with Crippen molar-refractivity contribution >= 4 is 17.6 Å². The molecular weight excluding hydrogens is 141 g/mol.